The van der Waals surface area contributed by atoms with Crippen molar-refractivity contribution in [2.45, 2.75) is 12.5 Å². The maximum atomic E-state index is 12.6. The van der Waals surface area contributed by atoms with Crippen molar-refractivity contribution in [3.8, 4) is 5.75 Å². The summed E-state index contributed by atoms with van der Waals surface area (Å²) < 4.78 is 54.4. The van der Waals surface area contributed by atoms with E-state index in [9.17, 15) is 17.6 Å². The Balaban J connectivity index is 2.31. The van der Waals surface area contributed by atoms with Crippen LogP contribution in [0, 0.1) is 0 Å². The highest BCUT2D eigenvalue weighted by atomic mass is 32.1. The summed E-state index contributed by atoms with van der Waals surface area (Å²) in [4.78, 5) is 3.83. The zero-order valence-electron chi connectivity index (χ0n) is 8.15. The first-order valence-electron chi connectivity index (χ1n) is 4.41. The molecule has 1 aromatic heterocycles. The number of ether oxygens (including phenoxy) is 1. The van der Waals surface area contributed by atoms with Crippen LogP contribution in [-0.2, 0) is 0 Å². The Bertz CT molecular complexity index is 543. The lowest BCUT2D eigenvalue weighted by Gasteiger charge is -2.16. The SMILES string of the molecule is FC(F)C(F)(F)Oc1ccc2c(c1)ncn2S. The second-order valence-electron chi connectivity index (χ2n) is 3.20. The number of hydrogen-bond acceptors (Lipinski definition) is 3. The van der Waals surface area contributed by atoms with E-state index in [-0.39, 0.29) is 5.75 Å². The maximum Gasteiger partial charge on any atom is 0.461 e. The average molecular weight is 266 g/mol. The van der Waals surface area contributed by atoms with Crippen LogP contribution >= 0.6 is 12.8 Å². The normalized spacial score (nSPS) is 12.4. The molecule has 1 heterocycles. The van der Waals surface area contributed by atoms with E-state index in [1.165, 1.54) is 16.4 Å². The number of nitrogens with zero attached hydrogens (tertiary/aromatic N) is 2. The first kappa shape index (κ1) is 12.0. The van der Waals surface area contributed by atoms with E-state index in [2.05, 4.69) is 22.5 Å². The van der Waals surface area contributed by atoms with Crippen LogP contribution in [0.3, 0.4) is 0 Å². The van der Waals surface area contributed by atoms with Gasteiger partial charge in [-0.1, -0.05) is 12.8 Å². The standard InChI is InChI=1S/C9H6F4N2OS/c10-8(11)9(12,13)16-5-1-2-7-6(3-5)14-4-15(7)17/h1-4,8,17H. The molecule has 0 radical (unpaired) electrons. The molecule has 8 heteroatoms. The summed E-state index contributed by atoms with van der Waals surface area (Å²) >= 11 is 4.00. The van der Waals surface area contributed by atoms with Gasteiger partial charge in [-0.25, -0.2) is 4.98 Å². The van der Waals surface area contributed by atoms with E-state index in [0.717, 1.165) is 12.1 Å². The van der Waals surface area contributed by atoms with Crippen LogP contribution < -0.4 is 4.74 Å². The Labute approximate surface area is 98.5 Å². The van der Waals surface area contributed by atoms with Crippen LogP contribution in [0.1, 0.15) is 0 Å². The van der Waals surface area contributed by atoms with Crippen molar-refractivity contribution in [2.75, 3.05) is 0 Å². The van der Waals surface area contributed by atoms with Crippen LogP contribution in [0.2, 0.25) is 0 Å². The lowest BCUT2D eigenvalue weighted by atomic mass is 10.3. The topological polar surface area (TPSA) is 27.1 Å². The largest absolute Gasteiger partial charge is 0.461 e. The van der Waals surface area contributed by atoms with E-state index >= 15 is 0 Å². The zero-order valence-corrected chi connectivity index (χ0v) is 9.04. The second kappa shape index (κ2) is 4.10. The molecule has 0 spiro atoms. The molecule has 2 rings (SSSR count). The second-order valence-corrected chi connectivity index (χ2v) is 3.64. The Kier molecular flexibility index (Phi) is 2.90. The van der Waals surface area contributed by atoms with Gasteiger partial charge in [-0.05, 0) is 12.1 Å². The highest BCUT2D eigenvalue weighted by molar-refractivity contribution is 7.78. The van der Waals surface area contributed by atoms with E-state index in [1.54, 1.807) is 0 Å². The van der Waals surface area contributed by atoms with Gasteiger partial charge in [-0.2, -0.15) is 17.6 Å². The Morgan fingerprint density at radius 3 is 2.71 bits per heavy atom. The maximum absolute atomic E-state index is 12.6. The number of thiol groups is 1. The van der Waals surface area contributed by atoms with E-state index in [0.29, 0.717) is 11.0 Å². The monoisotopic (exact) mass is 266 g/mol. The molecule has 0 aliphatic rings. The summed E-state index contributed by atoms with van der Waals surface area (Å²) in [5, 5.41) is 0. The fraction of sp³-hybridized carbons (Fsp3) is 0.222. The quantitative estimate of drug-likeness (QED) is 0.683. The summed E-state index contributed by atoms with van der Waals surface area (Å²) in [7, 11) is 0. The minimum Gasteiger partial charge on any atom is -0.428 e. The minimum atomic E-state index is -4.52. The molecule has 0 saturated heterocycles. The fourth-order valence-electron chi connectivity index (χ4n) is 1.24. The molecule has 0 saturated carbocycles. The molecule has 1 aromatic carbocycles. The van der Waals surface area contributed by atoms with Gasteiger partial charge in [0.15, 0.2) is 0 Å². The van der Waals surface area contributed by atoms with Crippen molar-refractivity contribution in [1.29, 1.82) is 0 Å². The molecule has 0 unspecified atom stereocenters. The van der Waals surface area contributed by atoms with E-state index in [4.69, 9.17) is 0 Å². The molecule has 17 heavy (non-hydrogen) atoms. The summed E-state index contributed by atoms with van der Waals surface area (Å²) in [6.45, 7) is 0. The Hall–Kier alpha value is -1.44. The molecule has 0 bridgehead atoms. The highest BCUT2D eigenvalue weighted by Gasteiger charge is 2.44. The van der Waals surface area contributed by atoms with Crippen molar-refractivity contribution in [3.63, 3.8) is 0 Å². The van der Waals surface area contributed by atoms with Gasteiger partial charge in [0.25, 0.3) is 0 Å². The van der Waals surface area contributed by atoms with Crippen molar-refractivity contribution in [3.05, 3.63) is 24.5 Å². The predicted molar refractivity (Wildman–Crippen MR) is 55.7 cm³/mol. The molecule has 2 aromatic rings. The number of benzene rings is 1. The Morgan fingerprint density at radius 1 is 1.35 bits per heavy atom. The molecule has 0 atom stereocenters. The van der Waals surface area contributed by atoms with Crippen LogP contribution in [0.15, 0.2) is 24.5 Å². The van der Waals surface area contributed by atoms with Gasteiger partial charge in [-0.3, -0.25) is 3.97 Å². The fourth-order valence-corrected chi connectivity index (χ4v) is 1.47. The molecular formula is C9H6F4N2OS. The van der Waals surface area contributed by atoms with Gasteiger partial charge in [0.2, 0.25) is 0 Å². The van der Waals surface area contributed by atoms with Gasteiger partial charge >= 0.3 is 12.5 Å². The Morgan fingerprint density at radius 2 is 2.06 bits per heavy atom. The smallest absolute Gasteiger partial charge is 0.428 e. The summed E-state index contributed by atoms with van der Waals surface area (Å²) in [6, 6.07) is 3.68. The first-order valence-corrected chi connectivity index (χ1v) is 4.81. The van der Waals surface area contributed by atoms with Gasteiger partial charge in [0.05, 0.1) is 11.0 Å². The number of aromatic nitrogens is 2. The predicted octanol–water partition coefficient (Wildman–Crippen LogP) is 2.97. The van der Waals surface area contributed by atoms with Crippen molar-refractivity contribution in [2.24, 2.45) is 0 Å². The van der Waals surface area contributed by atoms with Crippen molar-refractivity contribution in [1.82, 2.24) is 8.96 Å². The van der Waals surface area contributed by atoms with Crippen molar-refractivity contribution < 1.29 is 22.3 Å². The van der Waals surface area contributed by atoms with Crippen LogP contribution in [0.4, 0.5) is 17.6 Å². The highest BCUT2D eigenvalue weighted by Crippen LogP contribution is 2.29. The number of halogens is 4. The lowest BCUT2D eigenvalue weighted by Crippen LogP contribution is -2.33. The zero-order chi connectivity index (χ0) is 12.6. The van der Waals surface area contributed by atoms with Gasteiger partial charge in [0.1, 0.15) is 12.1 Å². The van der Waals surface area contributed by atoms with Crippen LogP contribution in [0.25, 0.3) is 11.0 Å². The van der Waals surface area contributed by atoms with Gasteiger partial charge < -0.3 is 4.74 Å². The molecule has 0 fully saturated rings. The minimum absolute atomic E-state index is 0.322. The number of fused-ring (bicyclic) bond motifs is 1. The number of hydrogen-bond donors (Lipinski definition) is 1. The van der Waals surface area contributed by atoms with Crippen molar-refractivity contribution >= 4 is 23.8 Å². The molecule has 0 amide bonds. The number of alkyl halides is 4. The molecule has 3 nitrogen and oxygen atoms in total. The van der Waals surface area contributed by atoms with Crippen LogP contribution in [-0.4, -0.2) is 21.5 Å². The summed E-state index contributed by atoms with van der Waals surface area (Å²) in [5.41, 5.74) is 0.878. The lowest BCUT2D eigenvalue weighted by molar-refractivity contribution is -0.253. The summed E-state index contributed by atoms with van der Waals surface area (Å²) in [5.74, 6) is -0.380. The molecule has 0 N–H and O–H groups in total. The average Bonchev–Trinajstić information content (AvgIpc) is 2.59. The van der Waals surface area contributed by atoms with Gasteiger partial charge in [-0.15, -0.1) is 0 Å². The summed E-state index contributed by atoms with van der Waals surface area (Å²) in [6.07, 6.45) is -7.05. The third kappa shape index (κ3) is 2.31. The third-order valence-corrected chi connectivity index (χ3v) is 2.33. The third-order valence-electron chi connectivity index (χ3n) is 2.01. The molecular weight excluding hydrogens is 260 g/mol. The number of rotatable bonds is 3. The first-order chi connectivity index (χ1) is 7.90. The van der Waals surface area contributed by atoms with E-state index in [1.807, 2.05) is 0 Å². The molecule has 0 aliphatic heterocycles. The molecule has 92 valence electrons. The van der Waals surface area contributed by atoms with Gasteiger partial charge in [0, 0.05) is 6.07 Å². The van der Waals surface area contributed by atoms with Crippen LogP contribution in [0.5, 0.6) is 5.75 Å². The number of imidazole rings is 1. The molecule has 0 aliphatic carbocycles. The van der Waals surface area contributed by atoms with E-state index < -0.39 is 12.5 Å².